The van der Waals surface area contributed by atoms with Crippen LogP contribution in [0.5, 0.6) is 0 Å². The summed E-state index contributed by atoms with van der Waals surface area (Å²) >= 11 is 0. The van der Waals surface area contributed by atoms with Gasteiger partial charge in [0.05, 0.1) is 10.5 Å². The topological polar surface area (TPSA) is 137 Å². The number of aromatic nitrogens is 3. The number of nitrogens with zero attached hydrogens (tertiary/aromatic N) is 4. The first-order valence-corrected chi connectivity index (χ1v) is 13.3. The van der Waals surface area contributed by atoms with E-state index in [2.05, 4.69) is 34.3 Å². The predicted octanol–water partition coefficient (Wildman–Crippen LogP) is 2.73. The number of nitrogens with one attached hydrogen (secondary N) is 2. The van der Waals surface area contributed by atoms with Crippen LogP contribution in [0.3, 0.4) is 0 Å². The molecule has 0 bridgehead atoms. The summed E-state index contributed by atoms with van der Waals surface area (Å²) < 4.78 is 66.9. The van der Waals surface area contributed by atoms with Crippen LogP contribution < -0.4 is 16.0 Å². The summed E-state index contributed by atoms with van der Waals surface area (Å²) in [5.41, 5.74) is 6.59. The molecule has 4 rings (SSSR count). The van der Waals surface area contributed by atoms with Gasteiger partial charge in [0, 0.05) is 26.2 Å². The lowest BCUT2D eigenvalue weighted by Crippen LogP contribution is -2.60. The molecule has 10 nitrogen and oxygen atoms in total. The highest BCUT2D eigenvalue weighted by Crippen LogP contribution is 2.31. The molecule has 38 heavy (non-hydrogen) atoms. The molecule has 204 valence electrons. The van der Waals surface area contributed by atoms with Gasteiger partial charge in [0.2, 0.25) is 27.8 Å². The normalized spacial score (nSPS) is 17.1. The summed E-state index contributed by atoms with van der Waals surface area (Å²) in [6, 6.07) is 9.70. The Hall–Kier alpha value is -3.65. The minimum atomic E-state index is -4.61. The van der Waals surface area contributed by atoms with Crippen LogP contribution in [-0.4, -0.2) is 59.5 Å². The smallest absolute Gasteiger partial charge is 0.366 e. The standard InChI is InChI=1S/C24H28F3N7O3S/c1-15(2)17-5-3-16(4-6-17)13-29-21(35)20-14-33(23-30-22(28)31-32-23)11-12-34(20)38(36,37)19-9-7-18(8-10-19)24(25,26)27/h3-10,15,20H,11-14H2,1-2H3,(H,29,35)(H3,28,30,31,32)/t20-/m1/s1. The maximum absolute atomic E-state index is 13.5. The Balaban J connectivity index is 1.58. The van der Waals surface area contributed by atoms with Crippen LogP contribution in [0.4, 0.5) is 25.1 Å². The molecular weight excluding hydrogens is 523 g/mol. The lowest BCUT2D eigenvalue weighted by molar-refractivity contribution is -0.137. The Bertz CT molecular complexity index is 1370. The van der Waals surface area contributed by atoms with E-state index in [0.29, 0.717) is 18.1 Å². The Morgan fingerprint density at radius 2 is 1.79 bits per heavy atom. The van der Waals surface area contributed by atoms with Crippen LogP contribution in [0.15, 0.2) is 53.4 Å². The van der Waals surface area contributed by atoms with Gasteiger partial charge in [-0.25, -0.2) is 13.5 Å². The lowest BCUT2D eigenvalue weighted by atomic mass is 10.0. The van der Waals surface area contributed by atoms with Crippen LogP contribution in [-0.2, 0) is 27.5 Å². The number of rotatable bonds is 7. The third-order valence-corrected chi connectivity index (χ3v) is 8.25. The Labute approximate surface area is 218 Å². The van der Waals surface area contributed by atoms with Crippen molar-refractivity contribution in [3.63, 3.8) is 0 Å². The fourth-order valence-corrected chi connectivity index (χ4v) is 5.72. The van der Waals surface area contributed by atoms with Gasteiger partial charge >= 0.3 is 6.18 Å². The zero-order chi connectivity index (χ0) is 27.7. The highest BCUT2D eigenvalue weighted by atomic mass is 32.2. The van der Waals surface area contributed by atoms with Crippen LogP contribution in [0.1, 0.15) is 36.5 Å². The van der Waals surface area contributed by atoms with E-state index in [1.54, 1.807) is 4.90 Å². The van der Waals surface area contributed by atoms with E-state index in [0.717, 1.165) is 27.6 Å². The van der Waals surface area contributed by atoms with Crippen LogP contribution >= 0.6 is 0 Å². The first-order valence-electron chi connectivity index (χ1n) is 11.8. The maximum atomic E-state index is 13.5. The van der Waals surface area contributed by atoms with E-state index in [4.69, 9.17) is 5.73 Å². The molecule has 0 radical (unpaired) electrons. The van der Waals surface area contributed by atoms with Gasteiger partial charge in [-0.15, -0.1) is 5.10 Å². The average Bonchev–Trinajstić information content (AvgIpc) is 3.33. The number of halogens is 3. The Morgan fingerprint density at radius 1 is 1.13 bits per heavy atom. The number of carbonyl (C=O) groups excluding carboxylic acids is 1. The number of benzene rings is 2. The number of hydrogen-bond donors (Lipinski definition) is 3. The van der Waals surface area contributed by atoms with Crippen LogP contribution in [0.2, 0.25) is 0 Å². The van der Waals surface area contributed by atoms with Crippen molar-refractivity contribution in [2.75, 3.05) is 30.3 Å². The summed E-state index contributed by atoms with van der Waals surface area (Å²) in [5, 5.41) is 9.21. The molecule has 0 aliphatic carbocycles. The molecule has 4 N–H and O–H groups in total. The van der Waals surface area contributed by atoms with Gasteiger partial charge < -0.3 is 16.0 Å². The van der Waals surface area contributed by atoms with Crippen molar-refractivity contribution >= 4 is 27.8 Å². The van der Waals surface area contributed by atoms with E-state index in [1.165, 1.54) is 0 Å². The molecule has 1 aliphatic heterocycles. The fraction of sp³-hybridized carbons (Fsp3) is 0.375. The second kappa shape index (κ2) is 10.6. The zero-order valence-electron chi connectivity index (χ0n) is 20.7. The fourth-order valence-electron chi connectivity index (χ4n) is 4.15. The van der Waals surface area contributed by atoms with Crippen molar-refractivity contribution in [1.82, 2.24) is 24.8 Å². The molecule has 3 aromatic rings. The number of nitrogens with two attached hydrogens (primary N) is 1. The van der Waals surface area contributed by atoms with Crippen molar-refractivity contribution in [1.29, 1.82) is 0 Å². The molecule has 2 heterocycles. The van der Waals surface area contributed by atoms with Crippen molar-refractivity contribution < 1.29 is 26.4 Å². The summed E-state index contributed by atoms with van der Waals surface area (Å²) in [6.07, 6.45) is -4.61. The van der Waals surface area contributed by atoms with Crippen LogP contribution in [0, 0.1) is 0 Å². The van der Waals surface area contributed by atoms with Gasteiger partial charge in [-0.05, 0) is 41.3 Å². The van der Waals surface area contributed by atoms with Crippen LogP contribution in [0.25, 0.3) is 0 Å². The first-order chi connectivity index (χ1) is 17.9. The van der Waals surface area contributed by atoms with Gasteiger partial charge in [-0.1, -0.05) is 38.1 Å². The minimum absolute atomic E-state index is 0.00866. The Kier molecular flexibility index (Phi) is 7.65. The van der Waals surface area contributed by atoms with E-state index in [9.17, 15) is 26.4 Å². The number of alkyl halides is 3. The predicted molar refractivity (Wildman–Crippen MR) is 135 cm³/mol. The number of nitrogen functional groups attached to an aromatic ring is 1. The SMILES string of the molecule is CC(C)c1ccc(CNC(=O)[C@H]2CN(c3nc(N)n[nH]3)CCN2S(=O)(=O)c2ccc(C(F)(F)F)cc2)cc1. The van der Waals surface area contributed by atoms with Gasteiger partial charge in [0.1, 0.15) is 6.04 Å². The number of H-pyrrole nitrogens is 1. The molecule has 0 saturated carbocycles. The molecule has 14 heteroatoms. The number of aromatic amines is 1. The molecule has 1 amide bonds. The number of anilines is 2. The number of amides is 1. The van der Waals surface area contributed by atoms with Crippen molar-refractivity contribution in [3.05, 3.63) is 65.2 Å². The van der Waals surface area contributed by atoms with Gasteiger partial charge in [0.25, 0.3) is 0 Å². The number of carbonyl (C=O) groups is 1. The highest BCUT2D eigenvalue weighted by molar-refractivity contribution is 7.89. The minimum Gasteiger partial charge on any atom is -0.366 e. The molecule has 1 fully saturated rings. The maximum Gasteiger partial charge on any atom is 0.416 e. The van der Waals surface area contributed by atoms with E-state index in [1.807, 2.05) is 24.3 Å². The molecular formula is C24H28F3N7O3S. The molecule has 1 aromatic heterocycles. The largest absolute Gasteiger partial charge is 0.416 e. The number of hydrogen-bond acceptors (Lipinski definition) is 7. The van der Waals surface area contributed by atoms with Gasteiger partial charge in [0.15, 0.2) is 0 Å². The van der Waals surface area contributed by atoms with Gasteiger partial charge in [-0.3, -0.25) is 4.79 Å². The number of sulfonamides is 1. The molecule has 1 saturated heterocycles. The summed E-state index contributed by atoms with van der Waals surface area (Å²) in [7, 11) is -4.31. The molecule has 0 spiro atoms. The average molecular weight is 552 g/mol. The summed E-state index contributed by atoms with van der Waals surface area (Å²) in [4.78, 5) is 18.7. The highest BCUT2D eigenvalue weighted by Gasteiger charge is 2.41. The summed E-state index contributed by atoms with van der Waals surface area (Å²) in [5.74, 6) is 0.0494. The Morgan fingerprint density at radius 3 is 2.34 bits per heavy atom. The second-order valence-corrected chi connectivity index (χ2v) is 11.1. The third kappa shape index (κ3) is 5.91. The lowest BCUT2D eigenvalue weighted by Gasteiger charge is -2.39. The monoisotopic (exact) mass is 551 g/mol. The molecule has 0 unspecified atom stereocenters. The van der Waals surface area contributed by atoms with E-state index >= 15 is 0 Å². The van der Waals surface area contributed by atoms with E-state index < -0.39 is 33.7 Å². The number of piperazine rings is 1. The van der Waals surface area contributed by atoms with E-state index in [-0.39, 0.29) is 43.0 Å². The first kappa shape index (κ1) is 27.4. The summed E-state index contributed by atoms with van der Waals surface area (Å²) in [6.45, 7) is 4.25. The van der Waals surface area contributed by atoms with Crippen molar-refractivity contribution in [3.8, 4) is 0 Å². The molecule has 1 atom stereocenters. The molecule has 1 aliphatic rings. The van der Waals surface area contributed by atoms with Crippen molar-refractivity contribution in [2.45, 2.75) is 43.4 Å². The second-order valence-electron chi connectivity index (χ2n) is 9.23. The van der Waals surface area contributed by atoms with Gasteiger partial charge in [-0.2, -0.15) is 22.5 Å². The quantitative estimate of drug-likeness (QED) is 0.411. The van der Waals surface area contributed by atoms with Crippen molar-refractivity contribution in [2.24, 2.45) is 0 Å². The third-order valence-electron chi connectivity index (χ3n) is 6.33. The molecule has 2 aromatic carbocycles. The zero-order valence-corrected chi connectivity index (χ0v) is 21.6.